The first-order valence-corrected chi connectivity index (χ1v) is 6.11. The summed E-state index contributed by atoms with van der Waals surface area (Å²) in [5.41, 5.74) is 1.25. The van der Waals surface area contributed by atoms with Crippen LogP contribution in [0.3, 0.4) is 0 Å². The van der Waals surface area contributed by atoms with Gasteiger partial charge in [-0.2, -0.15) is 5.26 Å². The van der Waals surface area contributed by atoms with E-state index in [1.807, 2.05) is 12.1 Å². The zero-order valence-electron chi connectivity index (χ0n) is 11.3. The number of nitriles is 1. The van der Waals surface area contributed by atoms with Crippen LogP contribution in [0.4, 0.5) is 5.69 Å². The van der Waals surface area contributed by atoms with E-state index < -0.39 is 0 Å². The number of hydrogen-bond acceptors (Lipinski definition) is 5. The summed E-state index contributed by atoms with van der Waals surface area (Å²) in [6.45, 7) is 3.21. The van der Waals surface area contributed by atoms with E-state index in [-0.39, 0.29) is 12.5 Å². The van der Waals surface area contributed by atoms with Gasteiger partial charge in [0.1, 0.15) is 12.6 Å². The molecular formula is C14H18N2O3. The lowest BCUT2D eigenvalue weighted by atomic mass is 10.1. The fraction of sp³-hybridized carbons (Fsp3) is 0.429. The van der Waals surface area contributed by atoms with E-state index >= 15 is 0 Å². The zero-order chi connectivity index (χ0) is 14.1. The highest BCUT2D eigenvalue weighted by atomic mass is 16.5. The van der Waals surface area contributed by atoms with Gasteiger partial charge in [0, 0.05) is 13.7 Å². The van der Waals surface area contributed by atoms with Crippen molar-refractivity contribution in [3.63, 3.8) is 0 Å². The molecule has 1 aromatic rings. The van der Waals surface area contributed by atoms with Gasteiger partial charge in [-0.3, -0.25) is 4.79 Å². The fourth-order valence-corrected chi connectivity index (χ4v) is 1.69. The van der Waals surface area contributed by atoms with Gasteiger partial charge in [0.2, 0.25) is 0 Å². The number of nitrogens with zero attached hydrogens (tertiary/aromatic N) is 2. The van der Waals surface area contributed by atoms with Crippen molar-refractivity contribution in [2.24, 2.45) is 0 Å². The van der Waals surface area contributed by atoms with Gasteiger partial charge < -0.3 is 14.4 Å². The molecule has 0 N–H and O–H groups in total. The molecule has 5 nitrogen and oxygen atoms in total. The smallest absolute Gasteiger partial charge is 0.325 e. The van der Waals surface area contributed by atoms with Gasteiger partial charge >= 0.3 is 5.97 Å². The van der Waals surface area contributed by atoms with Crippen molar-refractivity contribution in [2.45, 2.75) is 6.92 Å². The SMILES string of the molecule is CCOC(=O)CN(CCOC)c1ccccc1C#N. The Bertz CT molecular complexity index is 454. The number of hydrogen-bond donors (Lipinski definition) is 0. The van der Waals surface area contributed by atoms with Crippen LogP contribution in [0.5, 0.6) is 0 Å². The maximum Gasteiger partial charge on any atom is 0.325 e. The van der Waals surface area contributed by atoms with Crippen LogP contribution in [0, 0.1) is 11.3 Å². The molecular weight excluding hydrogens is 244 g/mol. The van der Waals surface area contributed by atoms with E-state index in [9.17, 15) is 4.79 Å². The molecule has 1 rings (SSSR count). The van der Waals surface area contributed by atoms with Crippen molar-refractivity contribution in [3.8, 4) is 6.07 Å². The number of ether oxygens (including phenoxy) is 2. The third-order valence-corrected chi connectivity index (χ3v) is 2.56. The Kier molecular flexibility index (Phi) is 6.41. The number of anilines is 1. The molecule has 0 saturated heterocycles. The summed E-state index contributed by atoms with van der Waals surface area (Å²) in [5, 5.41) is 9.11. The highest BCUT2D eigenvalue weighted by Gasteiger charge is 2.15. The minimum atomic E-state index is -0.314. The Labute approximate surface area is 113 Å². The van der Waals surface area contributed by atoms with Crippen LogP contribution >= 0.6 is 0 Å². The molecule has 19 heavy (non-hydrogen) atoms. The Balaban J connectivity index is 2.89. The Morgan fingerprint density at radius 2 is 2.16 bits per heavy atom. The molecule has 0 saturated carbocycles. The predicted octanol–water partition coefficient (Wildman–Crippen LogP) is 1.57. The van der Waals surface area contributed by atoms with Crippen LogP contribution in [-0.2, 0) is 14.3 Å². The molecule has 102 valence electrons. The number of benzene rings is 1. The second-order valence-electron chi connectivity index (χ2n) is 3.85. The molecule has 0 aromatic heterocycles. The average Bonchev–Trinajstić information content (AvgIpc) is 2.43. The summed E-state index contributed by atoms with van der Waals surface area (Å²) in [6, 6.07) is 9.29. The number of carbonyl (C=O) groups excluding carboxylic acids is 1. The van der Waals surface area contributed by atoms with Crippen molar-refractivity contribution < 1.29 is 14.3 Å². The number of methoxy groups -OCH3 is 1. The van der Waals surface area contributed by atoms with Gasteiger partial charge in [-0.1, -0.05) is 12.1 Å². The van der Waals surface area contributed by atoms with Crippen molar-refractivity contribution in [2.75, 3.05) is 38.3 Å². The standard InChI is InChI=1S/C14H18N2O3/c1-3-19-14(17)11-16(8-9-18-2)13-7-5-4-6-12(13)10-15/h4-7H,3,8-9,11H2,1-2H3. The molecule has 1 aromatic carbocycles. The minimum Gasteiger partial charge on any atom is -0.465 e. The lowest BCUT2D eigenvalue weighted by Crippen LogP contribution is -2.34. The molecule has 0 fully saturated rings. The molecule has 0 bridgehead atoms. The van der Waals surface area contributed by atoms with Crippen molar-refractivity contribution in [3.05, 3.63) is 29.8 Å². The summed E-state index contributed by atoms with van der Waals surface area (Å²) < 4.78 is 9.98. The molecule has 0 amide bonds. The topological polar surface area (TPSA) is 62.6 Å². The lowest BCUT2D eigenvalue weighted by molar-refractivity contribution is -0.141. The van der Waals surface area contributed by atoms with Gasteiger partial charge in [-0.05, 0) is 19.1 Å². The Hall–Kier alpha value is -2.06. The van der Waals surface area contributed by atoms with Gasteiger partial charge in [0.05, 0.1) is 24.5 Å². The summed E-state index contributed by atoms with van der Waals surface area (Å²) in [4.78, 5) is 13.4. The highest BCUT2D eigenvalue weighted by molar-refractivity contribution is 5.77. The van der Waals surface area contributed by atoms with E-state index in [0.717, 1.165) is 5.69 Å². The van der Waals surface area contributed by atoms with Crippen LogP contribution in [0.1, 0.15) is 12.5 Å². The summed E-state index contributed by atoms with van der Waals surface area (Å²) >= 11 is 0. The predicted molar refractivity (Wildman–Crippen MR) is 71.9 cm³/mol. The quantitative estimate of drug-likeness (QED) is 0.698. The number of para-hydroxylation sites is 1. The van der Waals surface area contributed by atoms with Gasteiger partial charge in [-0.15, -0.1) is 0 Å². The molecule has 0 aliphatic carbocycles. The Morgan fingerprint density at radius 3 is 2.79 bits per heavy atom. The Morgan fingerprint density at radius 1 is 1.42 bits per heavy atom. The molecule has 0 atom stereocenters. The minimum absolute atomic E-state index is 0.107. The average molecular weight is 262 g/mol. The highest BCUT2D eigenvalue weighted by Crippen LogP contribution is 2.19. The van der Waals surface area contributed by atoms with Gasteiger partial charge in [0.25, 0.3) is 0 Å². The van der Waals surface area contributed by atoms with Crippen molar-refractivity contribution in [1.82, 2.24) is 0 Å². The van der Waals surface area contributed by atoms with Crippen LogP contribution in [0.2, 0.25) is 0 Å². The molecule has 0 radical (unpaired) electrons. The molecule has 0 aliphatic rings. The first kappa shape index (κ1) is 15.0. The monoisotopic (exact) mass is 262 g/mol. The van der Waals surface area contributed by atoms with Crippen LogP contribution < -0.4 is 4.90 Å². The maximum atomic E-state index is 11.6. The number of esters is 1. The largest absolute Gasteiger partial charge is 0.465 e. The molecule has 0 heterocycles. The van der Waals surface area contributed by atoms with E-state index in [1.165, 1.54) is 0 Å². The van der Waals surface area contributed by atoms with E-state index in [4.69, 9.17) is 14.7 Å². The van der Waals surface area contributed by atoms with E-state index in [1.54, 1.807) is 31.1 Å². The van der Waals surface area contributed by atoms with Crippen LogP contribution in [0.15, 0.2) is 24.3 Å². The van der Waals surface area contributed by atoms with Crippen LogP contribution in [0.25, 0.3) is 0 Å². The summed E-state index contributed by atoms with van der Waals surface area (Å²) in [5.74, 6) is -0.314. The molecule has 0 spiro atoms. The number of carbonyl (C=O) groups is 1. The van der Waals surface area contributed by atoms with E-state index in [0.29, 0.717) is 25.3 Å². The second kappa shape index (κ2) is 8.11. The lowest BCUT2D eigenvalue weighted by Gasteiger charge is -2.24. The van der Waals surface area contributed by atoms with Crippen molar-refractivity contribution in [1.29, 1.82) is 5.26 Å². The summed E-state index contributed by atoms with van der Waals surface area (Å²) in [6.07, 6.45) is 0. The van der Waals surface area contributed by atoms with Crippen molar-refractivity contribution >= 4 is 11.7 Å². The first-order chi connectivity index (χ1) is 9.22. The molecule has 0 unspecified atom stereocenters. The third-order valence-electron chi connectivity index (χ3n) is 2.56. The van der Waals surface area contributed by atoms with Gasteiger partial charge in [0.15, 0.2) is 0 Å². The molecule has 5 heteroatoms. The molecule has 0 aliphatic heterocycles. The van der Waals surface area contributed by atoms with Crippen LogP contribution in [-0.4, -0.2) is 39.4 Å². The third kappa shape index (κ3) is 4.60. The maximum absolute atomic E-state index is 11.6. The van der Waals surface area contributed by atoms with Gasteiger partial charge in [-0.25, -0.2) is 0 Å². The number of rotatable bonds is 7. The fourth-order valence-electron chi connectivity index (χ4n) is 1.69. The zero-order valence-corrected chi connectivity index (χ0v) is 11.3. The first-order valence-electron chi connectivity index (χ1n) is 6.11. The normalized spacial score (nSPS) is 9.74. The van der Waals surface area contributed by atoms with E-state index in [2.05, 4.69) is 6.07 Å². The second-order valence-corrected chi connectivity index (χ2v) is 3.85. The summed E-state index contributed by atoms with van der Waals surface area (Å²) in [7, 11) is 1.60.